The first kappa shape index (κ1) is 18.7. The van der Waals surface area contributed by atoms with Crippen molar-refractivity contribution in [3.8, 4) is 0 Å². The third-order valence-corrected chi connectivity index (χ3v) is 4.25. The maximum atomic E-state index is 12.1. The highest BCUT2D eigenvalue weighted by Gasteiger charge is 2.14. The number of rotatable bonds is 5. The molecule has 0 aliphatic rings. The molecule has 0 aliphatic carbocycles. The van der Waals surface area contributed by atoms with Crippen LogP contribution in [-0.4, -0.2) is 35.8 Å². The number of anilines is 1. The van der Waals surface area contributed by atoms with Crippen molar-refractivity contribution in [1.29, 1.82) is 0 Å². The van der Waals surface area contributed by atoms with Crippen molar-refractivity contribution in [1.82, 2.24) is 15.6 Å². The van der Waals surface area contributed by atoms with Crippen LogP contribution in [0.1, 0.15) is 10.5 Å². The van der Waals surface area contributed by atoms with Crippen LogP contribution in [0, 0.1) is 0 Å². The Kier molecular flexibility index (Phi) is 5.87. The summed E-state index contributed by atoms with van der Waals surface area (Å²) < 4.78 is 0.792. The van der Waals surface area contributed by atoms with Crippen molar-refractivity contribution < 1.29 is 14.4 Å². The van der Waals surface area contributed by atoms with Gasteiger partial charge in [0.15, 0.2) is 0 Å². The van der Waals surface area contributed by atoms with Crippen LogP contribution >= 0.6 is 15.9 Å². The lowest BCUT2D eigenvalue weighted by molar-refractivity contribution is -0.136. The molecule has 27 heavy (non-hydrogen) atoms. The van der Waals surface area contributed by atoms with E-state index in [1.807, 2.05) is 30.3 Å². The Morgan fingerprint density at radius 3 is 2.44 bits per heavy atom. The standard InChI is InChI=1S/C19H17BrN4O3/c20-13-5-3-6-14(11-13)23-19(27)18(26)22-9-8-21-17(25)16-10-12-4-1-2-7-15(12)24-16/h1-7,10-11,24H,8-9H2,(H,21,25)(H,22,26)(H,23,27). The molecule has 0 atom stereocenters. The van der Waals surface area contributed by atoms with Gasteiger partial charge in [-0.25, -0.2) is 0 Å². The number of amides is 3. The minimum atomic E-state index is -0.769. The van der Waals surface area contributed by atoms with Gasteiger partial charge in [0, 0.05) is 34.2 Å². The second kappa shape index (κ2) is 8.50. The molecule has 0 spiro atoms. The molecule has 2 aromatic carbocycles. The van der Waals surface area contributed by atoms with Crippen LogP contribution in [0.3, 0.4) is 0 Å². The van der Waals surface area contributed by atoms with Gasteiger partial charge in [0.1, 0.15) is 5.69 Å². The van der Waals surface area contributed by atoms with Gasteiger partial charge in [0.05, 0.1) is 0 Å². The number of aromatic nitrogens is 1. The van der Waals surface area contributed by atoms with Gasteiger partial charge in [0.2, 0.25) is 0 Å². The van der Waals surface area contributed by atoms with Crippen molar-refractivity contribution in [2.45, 2.75) is 0 Å². The van der Waals surface area contributed by atoms with E-state index >= 15 is 0 Å². The Morgan fingerprint density at radius 2 is 1.67 bits per heavy atom. The average molecular weight is 429 g/mol. The topological polar surface area (TPSA) is 103 Å². The lowest BCUT2D eigenvalue weighted by atomic mass is 10.2. The summed E-state index contributed by atoms with van der Waals surface area (Å²) in [5.74, 6) is -1.82. The number of halogens is 1. The summed E-state index contributed by atoms with van der Waals surface area (Å²) >= 11 is 3.29. The molecule has 0 fully saturated rings. The van der Waals surface area contributed by atoms with Gasteiger partial charge in [-0.15, -0.1) is 0 Å². The van der Waals surface area contributed by atoms with Crippen molar-refractivity contribution in [2.75, 3.05) is 18.4 Å². The molecular weight excluding hydrogens is 412 g/mol. The molecule has 0 bridgehead atoms. The maximum Gasteiger partial charge on any atom is 0.313 e. The van der Waals surface area contributed by atoms with E-state index in [-0.39, 0.29) is 19.0 Å². The van der Waals surface area contributed by atoms with E-state index in [1.165, 1.54) is 0 Å². The van der Waals surface area contributed by atoms with Crippen LogP contribution in [0.25, 0.3) is 10.9 Å². The van der Waals surface area contributed by atoms with Gasteiger partial charge in [0.25, 0.3) is 5.91 Å². The summed E-state index contributed by atoms with van der Waals surface area (Å²) in [4.78, 5) is 38.8. The zero-order valence-corrected chi connectivity index (χ0v) is 15.8. The number of H-pyrrole nitrogens is 1. The molecule has 7 nitrogen and oxygen atoms in total. The predicted molar refractivity (Wildman–Crippen MR) is 106 cm³/mol. The molecule has 3 aromatic rings. The van der Waals surface area contributed by atoms with Crippen LogP contribution in [-0.2, 0) is 9.59 Å². The second-order valence-corrected chi connectivity index (χ2v) is 6.66. The number of para-hydroxylation sites is 1. The maximum absolute atomic E-state index is 12.1. The van der Waals surface area contributed by atoms with E-state index in [2.05, 4.69) is 36.9 Å². The molecule has 1 aromatic heterocycles. The SMILES string of the molecule is O=C(NCCNC(=O)c1cc2ccccc2[nH]1)C(=O)Nc1cccc(Br)c1. The smallest absolute Gasteiger partial charge is 0.313 e. The summed E-state index contributed by atoms with van der Waals surface area (Å²) in [6, 6.07) is 16.3. The quantitative estimate of drug-likeness (QED) is 0.370. The summed E-state index contributed by atoms with van der Waals surface area (Å²) in [6.07, 6.45) is 0. The largest absolute Gasteiger partial charge is 0.351 e. The molecule has 3 rings (SSSR count). The zero-order valence-electron chi connectivity index (χ0n) is 14.2. The number of hydrogen-bond acceptors (Lipinski definition) is 3. The number of benzene rings is 2. The van der Waals surface area contributed by atoms with Crippen molar-refractivity contribution in [2.24, 2.45) is 0 Å². The number of nitrogens with one attached hydrogen (secondary N) is 4. The zero-order chi connectivity index (χ0) is 19.2. The first-order chi connectivity index (χ1) is 13.0. The fraction of sp³-hybridized carbons (Fsp3) is 0.105. The molecule has 0 saturated carbocycles. The molecule has 0 aliphatic heterocycles. The molecule has 138 valence electrons. The molecule has 8 heteroatoms. The lowest BCUT2D eigenvalue weighted by Crippen LogP contribution is -2.40. The Balaban J connectivity index is 1.43. The average Bonchev–Trinajstić information content (AvgIpc) is 3.09. The molecule has 0 radical (unpaired) electrons. The van der Waals surface area contributed by atoms with E-state index in [0.717, 1.165) is 15.4 Å². The summed E-state index contributed by atoms with van der Waals surface area (Å²) in [5, 5.41) is 8.60. The first-order valence-electron chi connectivity index (χ1n) is 8.23. The number of carbonyl (C=O) groups excluding carboxylic acids is 3. The fourth-order valence-electron chi connectivity index (χ4n) is 2.48. The first-order valence-corrected chi connectivity index (χ1v) is 9.03. The van der Waals surface area contributed by atoms with E-state index < -0.39 is 11.8 Å². The van der Waals surface area contributed by atoms with Gasteiger partial charge in [-0.05, 0) is 30.3 Å². The van der Waals surface area contributed by atoms with Crippen molar-refractivity contribution in [3.63, 3.8) is 0 Å². The van der Waals surface area contributed by atoms with Gasteiger partial charge < -0.3 is 20.9 Å². The summed E-state index contributed by atoms with van der Waals surface area (Å²) in [5.41, 5.74) is 1.83. The third-order valence-electron chi connectivity index (χ3n) is 3.76. The van der Waals surface area contributed by atoms with Gasteiger partial charge in [-0.1, -0.05) is 40.2 Å². The summed E-state index contributed by atoms with van der Waals surface area (Å²) in [6.45, 7) is 0.334. The monoisotopic (exact) mass is 428 g/mol. The van der Waals surface area contributed by atoms with Gasteiger partial charge in [-0.3, -0.25) is 14.4 Å². The highest BCUT2D eigenvalue weighted by atomic mass is 79.9. The van der Waals surface area contributed by atoms with E-state index in [1.54, 1.807) is 24.3 Å². The number of carbonyl (C=O) groups is 3. The highest BCUT2D eigenvalue weighted by Crippen LogP contribution is 2.15. The number of fused-ring (bicyclic) bond motifs is 1. The van der Waals surface area contributed by atoms with Gasteiger partial charge >= 0.3 is 11.8 Å². The minimum absolute atomic E-state index is 0.136. The van der Waals surface area contributed by atoms with Crippen LogP contribution in [0.2, 0.25) is 0 Å². The molecule has 3 amide bonds. The lowest BCUT2D eigenvalue weighted by Gasteiger charge is -2.07. The molecule has 0 unspecified atom stereocenters. The van der Waals surface area contributed by atoms with Crippen LogP contribution in [0.15, 0.2) is 59.1 Å². The van der Waals surface area contributed by atoms with Crippen LogP contribution < -0.4 is 16.0 Å². The van der Waals surface area contributed by atoms with Crippen molar-refractivity contribution >= 4 is 50.2 Å². The Hall–Kier alpha value is -3.13. The third kappa shape index (κ3) is 4.95. The second-order valence-electron chi connectivity index (χ2n) is 5.75. The van der Waals surface area contributed by atoms with Crippen LogP contribution in [0.4, 0.5) is 5.69 Å². The van der Waals surface area contributed by atoms with Gasteiger partial charge in [-0.2, -0.15) is 0 Å². The Morgan fingerprint density at radius 1 is 0.889 bits per heavy atom. The molecule has 4 N–H and O–H groups in total. The number of hydrogen-bond donors (Lipinski definition) is 4. The van der Waals surface area contributed by atoms with E-state index in [9.17, 15) is 14.4 Å². The number of aromatic amines is 1. The normalized spacial score (nSPS) is 10.4. The fourth-order valence-corrected chi connectivity index (χ4v) is 2.88. The molecule has 1 heterocycles. The van der Waals surface area contributed by atoms with E-state index in [0.29, 0.717) is 11.4 Å². The molecule has 0 saturated heterocycles. The predicted octanol–water partition coefficient (Wildman–Crippen LogP) is 2.42. The van der Waals surface area contributed by atoms with E-state index in [4.69, 9.17) is 0 Å². The Labute approximate surface area is 163 Å². The highest BCUT2D eigenvalue weighted by molar-refractivity contribution is 9.10. The summed E-state index contributed by atoms with van der Waals surface area (Å²) in [7, 11) is 0. The minimum Gasteiger partial charge on any atom is -0.351 e. The van der Waals surface area contributed by atoms with Crippen LogP contribution in [0.5, 0.6) is 0 Å². The Bertz CT molecular complexity index is 966. The van der Waals surface area contributed by atoms with Crippen molar-refractivity contribution in [3.05, 3.63) is 64.8 Å². The molecular formula is C19H17BrN4O3.